The van der Waals surface area contributed by atoms with Gasteiger partial charge >= 0.3 is 0 Å². The summed E-state index contributed by atoms with van der Waals surface area (Å²) in [5.74, 6) is 0.579. The molecule has 4 nitrogen and oxygen atoms in total. The molecular weight excluding hydrogens is 190 g/mol. The predicted molar refractivity (Wildman–Crippen MR) is 56.0 cm³/mol. The molecule has 1 N–H and O–H groups in total. The number of carbonyl (C=O) groups excluding carboxylic acids is 1. The van der Waals surface area contributed by atoms with Crippen LogP contribution in [-0.4, -0.2) is 15.9 Å². The number of rotatable bonds is 3. The molecule has 0 saturated heterocycles. The molecular formula is C11H13N3O. The number of nitrogens with zero attached hydrogens (tertiary/aromatic N) is 2. The van der Waals surface area contributed by atoms with Crippen LogP contribution < -0.4 is 5.32 Å². The summed E-state index contributed by atoms with van der Waals surface area (Å²) in [5, 5.41) is 2.91. The molecule has 1 amide bonds. The molecule has 1 heterocycles. The van der Waals surface area contributed by atoms with Gasteiger partial charge in [-0.05, 0) is 31.9 Å². The molecule has 1 aromatic rings. The SMILES string of the molecule is C=CC(=O)NC1(c2ccnc(C)n2)CC1. The van der Waals surface area contributed by atoms with Gasteiger partial charge in [-0.2, -0.15) is 0 Å². The van der Waals surface area contributed by atoms with Crippen molar-refractivity contribution in [3.63, 3.8) is 0 Å². The fraction of sp³-hybridized carbons (Fsp3) is 0.364. The van der Waals surface area contributed by atoms with Crippen LogP contribution >= 0.6 is 0 Å². The summed E-state index contributed by atoms with van der Waals surface area (Å²) >= 11 is 0. The number of amides is 1. The minimum absolute atomic E-state index is 0.149. The highest BCUT2D eigenvalue weighted by Gasteiger charge is 2.46. The zero-order chi connectivity index (χ0) is 10.9. The number of aromatic nitrogens is 2. The van der Waals surface area contributed by atoms with Crippen LogP contribution in [-0.2, 0) is 10.3 Å². The third-order valence-electron chi connectivity index (χ3n) is 2.56. The van der Waals surface area contributed by atoms with Gasteiger partial charge in [-0.3, -0.25) is 4.79 Å². The van der Waals surface area contributed by atoms with Gasteiger partial charge in [0, 0.05) is 6.20 Å². The van der Waals surface area contributed by atoms with Crippen LogP contribution in [0.3, 0.4) is 0 Å². The average molecular weight is 203 g/mol. The van der Waals surface area contributed by atoms with E-state index in [4.69, 9.17) is 0 Å². The van der Waals surface area contributed by atoms with E-state index in [0.717, 1.165) is 24.4 Å². The summed E-state index contributed by atoms with van der Waals surface area (Å²) in [6, 6.07) is 1.85. The molecule has 0 radical (unpaired) electrons. The van der Waals surface area contributed by atoms with E-state index in [1.807, 2.05) is 13.0 Å². The van der Waals surface area contributed by atoms with Crippen LogP contribution in [0.4, 0.5) is 0 Å². The number of nitrogens with one attached hydrogen (secondary N) is 1. The zero-order valence-electron chi connectivity index (χ0n) is 8.66. The van der Waals surface area contributed by atoms with Gasteiger partial charge in [-0.15, -0.1) is 0 Å². The molecule has 78 valence electrons. The van der Waals surface area contributed by atoms with E-state index in [2.05, 4.69) is 21.9 Å². The van der Waals surface area contributed by atoms with Crippen molar-refractivity contribution >= 4 is 5.91 Å². The van der Waals surface area contributed by atoms with Gasteiger partial charge < -0.3 is 5.32 Å². The average Bonchev–Trinajstić information content (AvgIpc) is 2.99. The van der Waals surface area contributed by atoms with Gasteiger partial charge in [-0.1, -0.05) is 6.58 Å². The van der Waals surface area contributed by atoms with E-state index in [1.54, 1.807) is 6.20 Å². The molecule has 2 rings (SSSR count). The molecule has 1 aromatic heterocycles. The third kappa shape index (κ3) is 1.88. The van der Waals surface area contributed by atoms with Crippen LogP contribution in [0.5, 0.6) is 0 Å². The highest BCUT2D eigenvalue weighted by Crippen LogP contribution is 2.44. The van der Waals surface area contributed by atoms with Crippen LogP contribution in [0.15, 0.2) is 24.9 Å². The fourth-order valence-electron chi connectivity index (χ4n) is 1.58. The van der Waals surface area contributed by atoms with Crippen LogP contribution in [0.1, 0.15) is 24.4 Å². The maximum absolute atomic E-state index is 11.3. The first kappa shape index (κ1) is 9.83. The Morgan fingerprint density at radius 2 is 2.40 bits per heavy atom. The number of carbonyl (C=O) groups is 1. The van der Waals surface area contributed by atoms with Crippen molar-refractivity contribution in [2.75, 3.05) is 0 Å². The normalized spacial score (nSPS) is 16.9. The van der Waals surface area contributed by atoms with E-state index in [1.165, 1.54) is 6.08 Å². The van der Waals surface area contributed by atoms with Crippen LogP contribution in [0.2, 0.25) is 0 Å². The lowest BCUT2D eigenvalue weighted by atomic mass is 10.1. The van der Waals surface area contributed by atoms with Gasteiger partial charge in [0.25, 0.3) is 0 Å². The predicted octanol–water partition coefficient (Wildman–Crippen LogP) is 1.08. The molecule has 0 unspecified atom stereocenters. The number of hydrogen-bond donors (Lipinski definition) is 1. The van der Waals surface area contributed by atoms with Gasteiger partial charge in [-0.25, -0.2) is 9.97 Å². The lowest BCUT2D eigenvalue weighted by molar-refractivity contribution is -0.117. The van der Waals surface area contributed by atoms with Gasteiger partial charge in [0.2, 0.25) is 5.91 Å². The molecule has 1 aliphatic carbocycles. The fourth-order valence-corrected chi connectivity index (χ4v) is 1.58. The summed E-state index contributed by atoms with van der Waals surface area (Å²) in [6.07, 6.45) is 4.87. The van der Waals surface area contributed by atoms with Crippen LogP contribution in [0, 0.1) is 6.92 Å². The van der Waals surface area contributed by atoms with E-state index in [9.17, 15) is 4.79 Å². The molecule has 0 aromatic carbocycles. The van der Waals surface area contributed by atoms with E-state index >= 15 is 0 Å². The summed E-state index contributed by atoms with van der Waals surface area (Å²) in [5.41, 5.74) is 0.629. The van der Waals surface area contributed by atoms with Gasteiger partial charge in [0.05, 0.1) is 11.2 Å². The summed E-state index contributed by atoms with van der Waals surface area (Å²) in [7, 11) is 0. The topological polar surface area (TPSA) is 54.9 Å². The first-order valence-electron chi connectivity index (χ1n) is 4.91. The molecule has 0 aliphatic heterocycles. The summed E-state index contributed by atoms with van der Waals surface area (Å²) in [4.78, 5) is 19.6. The minimum atomic E-state index is -0.265. The van der Waals surface area contributed by atoms with E-state index < -0.39 is 0 Å². The third-order valence-corrected chi connectivity index (χ3v) is 2.56. The zero-order valence-corrected chi connectivity index (χ0v) is 8.66. The van der Waals surface area contributed by atoms with Crippen molar-refractivity contribution in [2.24, 2.45) is 0 Å². The highest BCUT2D eigenvalue weighted by atomic mass is 16.1. The van der Waals surface area contributed by atoms with Crippen LogP contribution in [0.25, 0.3) is 0 Å². The first-order chi connectivity index (χ1) is 7.16. The Hall–Kier alpha value is -1.71. The smallest absolute Gasteiger partial charge is 0.244 e. The lowest BCUT2D eigenvalue weighted by Crippen LogP contribution is -2.34. The highest BCUT2D eigenvalue weighted by molar-refractivity contribution is 5.87. The van der Waals surface area contributed by atoms with Crippen molar-refractivity contribution in [3.8, 4) is 0 Å². The largest absolute Gasteiger partial charge is 0.341 e. The Kier molecular flexibility index (Phi) is 2.26. The number of aryl methyl sites for hydroxylation is 1. The second-order valence-electron chi connectivity index (χ2n) is 3.76. The molecule has 4 heteroatoms. The Morgan fingerprint density at radius 3 is 2.93 bits per heavy atom. The Bertz CT molecular complexity index is 410. The minimum Gasteiger partial charge on any atom is -0.341 e. The van der Waals surface area contributed by atoms with Gasteiger partial charge in [0.1, 0.15) is 5.82 Å². The maximum Gasteiger partial charge on any atom is 0.244 e. The monoisotopic (exact) mass is 203 g/mol. The number of hydrogen-bond acceptors (Lipinski definition) is 3. The van der Waals surface area contributed by atoms with Crippen molar-refractivity contribution in [2.45, 2.75) is 25.3 Å². The second-order valence-corrected chi connectivity index (χ2v) is 3.76. The van der Waals surface area contributed by atoms with Crippen molar-refractivity contribution in [1.29, 1.82) is 0 Å². The van der Waals surface area contributed by atoms with E-state index in [-0.39, 0.29) is 11.4 Å². The van der Waals surface area contributed by atoms with Crippen molar-refractivity contribution < 1.29 is 4.79 Å². The molecule has 15 heavy (non-hydrogen) atoms. The molecule has 1 fully saturated rings. The van der Waals surface area contributed by atoms with Gasteiger partial charge in [0.15, 0.2) is 0 Å². The summed E-state index contributed by atoms with van der Waals surface area (Å²) in [6.45, 7) is 5.28. The molecule has 0 spiro atoms. The Morgan fingerprint density at radius 1 is 1.67 bits per heavy atom. The first-order valence-corrected chi connectivity index (χ1v) is 4.91. The Balaban J connectivity index is 2.23. The standard InChI is InChI=1S/C11H13N3O/c1-3-10(15)14-11(5-6-11)9-4-7-12-8(2)13-9/h3-4,7H,1,5-6H2,2H3,(H,14,15). The molecule has 1 aliphatic rings. The molecule has 0 atom stereocenters. The van der Waals surface area contributed by atoms with E-state index in [0.29, 0.717) is 0 Å². The second kappa shape index (κ2) is 3.46. The maximum atomic E-state index is 11.3. The quantitative estimate of drug-likeness (QED) is 0.748. The lowest BCUT2D eigenvalue weighted by Gasteiger charge is -2.15. The van der Waals surface area contributed by atoms with Crippen molar-refractivity contribution in [3.05, 3.63) is 36.4 Å². The molecule has 0 bridgehead atoms. The molecule has 1 saturated carbocycles. The Labute approximate surface area is 88.4 Å². The summed E-state index contributed by atoms with van der Waals surface area (Å²) < 4.78 is 0. The van der Waals surface area contributed by atoms with Crippen molar-refractivity contribution in [1.82, 2.24) is 15.3 Å².